The molecule has 0 saturated heterocycles. The molecule has 1 unspecified atom stereocenters. The average molecular weight is 524 g/mol. The highest BCUT2D eigenvalue weighted by atomic mass is 31.2. The van der Waals surface area contributed by atoms with E-state index in [-0.39, 0.29) is 0 Å². The number of unbranched alkanes of at least 4 members (excludes halogenated alkanes) is 1. The quantitative estimate of drug-likeness (QED) is 0.210. The van der Waals surface area contributed by atoms with E-state index in [0.29, 0.717) is 6.42 Å². The van der Waals surface area contributed by atoms with E-state index >= 15 is 0 Å². The van der Waals surface area contributed by atoms with Gasteiger partial charge in [0.15, 0.2) is 0 Å². The number of hydrogen-bond donors (Lipinski definition) is 3. The molecule has 0 spiro atoms. The molecule has 0 radical (unpaired) electrons. The summed E-state index contributed by atoms with van der Waals surface area (Å²) in [6.07, 6.45) is 5.88. The molecule has 194 valence electrons. The van der Waals surface area contributed by atoms with Crippen molar-refractivity contribution in [3.8, 4) is 0 Å². The van der Waals surface area contributed by atoms with Gasteiger partial charge >= 0.3 is 5.97 Å². The Bertz CT molecular complexity index is 1320. The topological polar surface area (TPSA) is 79.1 Å². The number of rotatable bonds is 9. The molecule has 1 atom stereocenters. The van der Waals surface area contributed by atoms with E-state index in [2.05, 4.69) is 103 Å². The minimum absolute atomic E-state index is 0.347. The molecule has 4 aromatic carbocycles. The van der Waals surface area contributed by atoms with Gasteiger partial charge in [-0.1, -0.05) is 86.1 Å². The number of carboxylic acid groups (broad SMARTS) is 1. The van der Waals surface area contributed by atoms with E-state index in [0.717, 1.165) is 16.5 Å². The summed E-state index contributed by atoms with van der Waals surface area (Å²) in [6, 6.07) is 40.3. The maximum Gasteiger partial charge on any atom is 0.320 e. The highest BCUT2D eigenvalue weighted by Crippen LogP contribution is 2.55. The fourth-order valence-electron chi connectivity index (χ4n) is 4.90. The first-order valence-corrected chi connectivity index (χ1v) is 15.1. The van der Waals surface area contributed by atoms with Gasteiger partial charge in [0.2, 0.25) is 0 Å². The van der Waals surface area contributed by atoms with Gasteiger partial charge in [-0.25, -0.2) is 0 Å². The summed E-state index contributed by atoms with van der Waals surface area (Å²) >= 11 is 0. The van der Waals surface area contributed by atoms with Gasteiger partial charge < -0.3 is 15.8 Å². The number of para-hydroxylation sites is 1. The second-order valence-electron chi connectivity index (χ2n) is 9.40. The number of fused-ring (bicyclic) bond motifs is 1. The number of carboxylic acids is 1. The molecule has 0 fully saturated rings. The van der Waals surface area contributed by atoms with Crippen LogP contribution in [0.15, 0.2) is 121 Å². The van der Waals surface area contributed by atoms with E-state index in [1.165, 1.54) is 34.9 Å². The summed E-state index contributed by atoms with van der Waals surface area (Å²) in [5, 5.41) is 14.2. The molecule has 5 rings (SSSR count). The number of nitrogens with one attached hydrogen (secondary N) is 1. The number of hydrogen-bond acceptors (Lipinski definition) is 2. The van der Waals surface area contributed by atoms with Crippen LogP contribution in [0.5, 0.6) is 0 Å². The van der Waals surface area contributed by atoms with E-state index in [1.54, 1.807) is 0 Å². The fourth-order valence-corrected chi connectivity index (χ4v) is 9.40. The van der Waals surface area contributed by atoms with E-state index in [9.17, 15) is 4.79 Å². The lowest BCUT2D eigenvalue weighted by Gasteiger charge is -2.27. The number of carbonyl (C=O) groups is 1. The van der Waals surface area contributed by atoms with Crippen molar-refractivity contribution in [2.24, 2.45) is 5.73 Å². The molecule has 4 N–H and O–H groups in total. The van der Waals surface area contributed by atoms with Crippen LogP contribution in [0.3, 0.4) is 0 Å². The second-order valence-corrected chi connectivity index (χ2v) is 13.0. The van der Waals surface area contributed by atoms with Crippen molar-refractivity contribution in [2.45, 2.75) is 32.2 Å². The molecule has 0 aliphatic heterocycles. The van der Waals surface area contributed by atoms with Gasteiger partial charge in [-0.3, -0.25) is 4.79 Å². The molecule has 0 saturated carbocycles. The van der Waals surface area contributed by atoms with Gasteiger partial charge in [0.05, 0.1) is 6.16 Å². The third-order valence-corrected chi connectivity index (χ3v) is 11.4. The van der Waals surface area contributed by atoms with Crippen LogP contribution in [-0.4, -0.2) is 28.3 Å². The van der Waals surface area contributed by atoms with Crippen molar-refractivity contribution in [3.05, 3.63) is 127 Å². The highest BCUT2D eigenvalue weighted by molar-refractivity contribution is 7.95. The van der Waals surface area contributed by atoms with Crippen molar-refractivity contribution < 1.29 is 9.90 Å². The number of H-pyrrole nitrogens is 1. The number of aromatic nitrogens is 1. The van der Waals surface area contributed by atoms with Crippen LogP contribution in [-0.2, 0) is 11.2 Å². The van der Waals surface area contributed by atoms with Gasteiger partial charge in [-0.05, 0) is 54.4 Å². The number of nitrogens with two attached hydrogens (primary N) is 1. The predicted molar refractivity (Wildman–Crippen MR) is 163 cm³/mol. The number of aliphatic carboxylic acids is 1. The van der Waals surface area contributed by atoms with Crippen molar-refractivity contribution in [3.63, 3.8) is 0 Å². The molecular formula is C33H36N2O2P+. The van der Waals surface area contributed by atoms with Crippen LogP contribution in [0, 0.1) is 0 Å². The van der Waals surface area contributed by atoms with Crippen LogP contribution in [0.2, 0.25) is 0 Å². The molecular weight excluding hydrogens is 487 g/mol. The lowest BCUT2D eigenvalue weighted by atomic mass is 10.1. The molecule has 38 heavy (non-hydrogen) atoms. The zero-order valence-electron chi connectivity index (χ0n) is 21.8. The normalized spacial score (nSPS) is 11.9. The summed E-state index contributed by atoms with van der Waals surface area (Å²) in [4.78, 5) is 13.7. The third kappa shape index (κ3) is 6.22. The predicted octanol–water partition coefficient (Wildman–Crippen LogP) is 5.90. The van der Waals surface area contributed by atoms with Crippen LogP contribution in [0.25, 0.3) is 10.9 Å². The smallest absolute Gasteiger partial charge is 0.320 e. The number of benzene rings is 4. The maximum atomic E-state index is 10.6. The van der Waals surface area contributed by atoms with E-state index in [4.69, 9.17) is 10.8 Å². The average Bonchev–Trinajstić information content (AvgIpc) is 3.38. The molecule has 0 aliphatic rings. The van der Waals surface area contributed by atoms with E-state index < -0.39 is 19.3 Å². The first-order valence-electron chi connectivity index (χ1n) is 13.1. The zero-order valence-corrected chi connectivity index (χ0v) is 22.7. The van der Waals surface area contributed by atoms with Crippen LogP contribution in [0.1, 0.15) is 25.3 Å². The minimum Gasteiger partial charge on any atom is -0.480 e. The summed E-state index contributed by atoms with van der Waals surface area (Å²) in [7, 11) is -1.57. The standard InChI is InChI=1S/C22H24P.C11H12N2O2/c1-2-3-19-23(20-13-7-4-8-14-20,21-15-9-5-10-16-21)22-17-11-6-12-18-22;12-9(11(14)15)5-7-6-13-10-4-2-1-3-8(7)10/h4-18H,2-3,19H2,1H3;1-4,6,9,13H,5,12H2,(H,14,15)/q+1;. The molecule has 0 aliphatic carbocycles. The SMILES string of the molecule is CCCC[P+](c1ccccc1)(c1ccccc1)c1ccccc1.NC(Cc1c[nH]c2ccccc12)C(=O)O. The Morgan fingerprint density at radius 2 is 1.26 bits per heavy atom. The lowest BCUT2D eigenvalue weighted by Crippen LogP contribution is -2.33. The Labute approximate surface area is 225 Å². The Morgan fingerprint density at radius 1 is 0.789 bits per heavy atom. The van der Waals surface area contributed by atoms with Gasteiger partial charge in [-0.15, -0.1) is 0 Å². The first kappa shape index (κ1) is 27.3. The Hall–Kier alpha value is -3.72. The van der Waals surface area contributed by atoms with Crippen LogP contribution >= 0.6 is 7.26 Å². The molecule has 0 bridgehead atoms. The maximum absolute atomic E-state index is 10.6. The summed E-state index contributed by atoms with van der Waals surface area (Å²) < 4.78 is 0. The monoisotopic (exact) mass is 523 g/mol. The molecule has 5 aromatic rings. The lowest BCUT2D eigenvalue weighted by molar-refractivity contribution is -0.138. The summed E-state index contributed by atoms with van der Waals surface area (Å²) in [5.41, 5.74) is 7.43. The minimum atomic E-state index is -1.57. The van der Waals surface area contributed by atoms with Gasteiger partial charge in [0.25, 0.3) is 0 Å². The van der Waals surface area contributed by atoms with Crippen LogP contribution < -0.4 is 21.6 Å². The molecule has 5 heteroatoms. The second kappa shape index (κ2) is 13.2. The van der Waals surface area contributed by atoms with Crippen LogP contribution in [0.4, 0.5) is 0 Å². The Balaban J connectivity index is 0.000000194. The Morgan fingerprint density at radius 3 is 1.74 bits per heavy atom. The highest BCUT2D eigenvalue weighted by Gasteiger charge is 2.44. The van der Waals surface area contributed by atoms with Crippen molar-refractivity contribution in [1.82, 2.24) is 4.98 Å². The molecule has 0 amide bonds. The van der Waals surface area contributed by atoms with Gasteiger partial charge in [-0.2, -0.15) is 0 Å². The van der Waals surface area contributed by atoms with Gasteiger partial charge in [0, 0.05) is 23.5 Å². The summed E-state index contributed by atoms with van der Waals surface area (Å²) in [6.45, 7) is 2.29. The number of aromatic amines is 1. The van der Waals surface area contributed by atoms with Gasteiger partial charge in [0.1, 0.15) is 29.2 Å². The summed E-state index contributed by atoms with van der Waals surface area (Å²) in [5.74, 6) is -0.972. The molecule has 4 nitrogen and oxygen atoms in total. The van der Waals surface area contributed by atoms with Crippen molar-refractivity contribution in [2.75, 3.05) is 6.16 Å². The van der Waals surface area contributed by atoms with Crippen molar-refractivity contribution >= 4 is 40.0 Å². The fraction of sp³-hybridized carbons (Fsp3) is 0.182. The Kier molecular flexibility index (Phi) is 9.48. The molecule has 1 aromatic heterocycles. The largest absolute Gasteiger partial charge is 0.480 e. The zero-order chi connectivity index (χ0) is 26.8. The van der Waals surface area contributed by atoms with E-state index in [1.807, 2.05) is 30.5 Å². The van der Waals surface area contributed by atoms with Crippen molar-refractivity contribution in [1.29, 1.82) is 0 Å². The molecule has 1 heterocycles. The third-order valence-electron chi connectivity index (χ3n) is 6.87. The first-order chi connectivity index (χ1) is 18.6.